The van der Waals surface area contributed by atoms with Gasteiger partial charge in [-0.15, -0.1) is 0 Å². The molecule has 3 heterocycles. The molecular formula is C11H13N3. The van der Waals surface area contributed by atoms with Gasteiger partial charge >= 0.3 is 0 Å². The lowest BCUT2D eigenvalue weighted by Crippen LogP contribution is -2.10. The van der Waals surface area contributed by atoms with Crippen molar-refractivity contribution in [2.45, 2.75) is 12.3 Å². The number of nitrogens with zero attached hydrogens (tertiary/aromatic N) is 2. The Hall–Kier alpha value is -1.35. The van der Waals surface area contributed by atoms with Gasteiger partial charge in [0.1, 0.15) is 5.65 Å². The molecule has 3 heteroatoms. The van der Waals surface area contributed by atoms with Crippen molar-refractivity contribution in [1.29, 1.82) is 0 Å². The number of imidazole rings is 1. The number of hydrogen-bond donors (Lipinski definition) is 1. The molecule has 1 fully saturated rings. The molecule has 0 spiro atoms. The average Bonchev–Trinajstić information content (AvgIpc) is 2.88. The van der Waals surface area contributed by atoms with Crippen LogP contribution in [0.4, 0.5) is 0 Å². The fourth-order valence-corrected chi connectivity index (χ4v) is 2.21. The van der Waals surface area contributed by atoms with E-state index in [2.05, 4.69) is 26.8 Å². The standard InChI is InChI=1S/C11H13N3/c1-2-10(9-4-5-12-8-9)14-7-6-13-11(14)3-1/h1-3,6-7,9,12H,4-5,8H2. The highest BCUT2D eigenvalue weighted by atomic mass is 15.0. The molecule has 3 rings (SSSR count). The van der Waals surface area contributed by atoms with Crippen molar-refractivity contribution >= 4 is 5.65 Å². The second-order valence-electron chi connectivity index (χ2n) is 3.80. The van der Waals surface area contributed by atoms with E-state index in [1.807, 2.05) is 18.5 Å². The van der Waals surface area contributed by atoms with Crippen LogP contribution in [-0.4, -0.2) is 22.5 Å². The third-order valence-electron chi connectivity index (χ3n) is 2.94. The lowest BCUT2D eigenvalue weighted by atomic mass is 10.0. The molecule has 14 heavy (non-hydrogen) atoms. The smallest absolute Gasteiger partial charge is 0.136 e. The molecule has 72 valence electrons. The molecule has 2 aromatic heterocycles. The SMILES string of the molecule is c1cc(C2CCNC2)n2ccnc2c1. The van der Waals surface area contributed by atoms with Crippen molar-refractivity contribution in [3.63, 3.8) is 0 Å². The zero-order valence-electron chi connectivity index (χ0n) is 7.98. The Morgan fingerprint density at radius 3 is 3.29 bits per heavy atom. The molecule has 1 N–H and O–H groups in total. The van der Waals surface area contributed by atoms with Gasteiger partial charge in [0.15, 0.2) is 0 Å². The quantitative estimate of drug-likeness (QED) is 0.731. The summed E-state index contributed by atoms with van der Waals surface area (Å²) in [6, 6.07) is 6.34. The first kappa shape index (κ1) is 8.00. The number of hydrogen-bond acceptors (Lipinski definition) is 2. The zero-order valence-corrected chi connectivity index (χ0v) is 7.98. The van der Waals surface area contributed by atoms with Crippen LogP contribution in [0.1, 0.15) is 18.0 Å². The summed E-state index contributed by atoms with van der Waals surface area (Å²) in [5.74, 6) is 0.646. The Labute approximate surface area is 82.8 Å². The Balaban J connectivity index is 2.14. The van der Waals surface area contributed by atoms with Gasteiger partial charge in [-0.3, -0.25) is 0 Å². The summed E-state index contributed by atoms with van der Waals surface area (Å²) >= 11 is 0. The highest BCUT2D eigenvalue weighted by Crippen LogP contribution is 2.22. The third-order valence-corrected chi connectivity index (χ3v) is 2.94. The van der Waals surface area contributed by atoms with Crippen molar-refractivity contribution < 1.29 is 0 Å². The minimum Gasteiger partial charge on any atom is -0.316 e. The zero-order chi connectivity index (χ0) is 9.38. The first-order valence-electron chi connectivity index (χ1n) is 5.08. The Morgan fingerprint density at radius 2 is 2.43 bits per heavy atom. The fourth-order valence-electron chi connectivity index (χ4n) is 2.21. The van der Waals surface area contributed by atoms with E-state index in [0.29, 0.717) is 5.92 Å². The third kappa shape index (κ3) is 1.13. The maximum absolute atomic E-state index is 4.29. The number of pyridine rings is 1. The summed E-state index contributed by atoms with van der Waals surface area (Å²) in [6.07, 6.45) is 5.14. The van der Waals surface area contributed by atoms with Crippen LogP contribution in [0.3, 0.4) is 0 Å². The van der Waals surface area contributed by atoms with E-state index in [0.717, 1.165) is 18.7 Å². The van der Waals surface area contributed by atoms with E-state index in [1.165, 1.54) is 12.1 Å². The summed E-state index contributed by atoms with van der Waals surface area (Å²) < 4.78 is 2.19. The molecule has 1 aliphatic rings. The van der Waals surface area contributed by atoms with Crippen LogP contribution in [0.5, 0.6) is 0 Å². The molecule has 1 aliphatic heterocycles. The van der Waals surface area contributed by atoms with Crippen molar-refractivity contribution in [2.75, 3.05) is 13.1 Å². The predicted octanol–water partition coefficient (Wildman–Crippen LogP) is 1.41. The van der Waals surface area contributed by atoms with Gasteiger partial charge in [0.25, 0.3) is 0 Å². The Kier molecular flexibility index (Phi) is 1.77. The van der Waals surface area contributed by atoms with Gasteiger partial charge in [-0.2, -0.15) is 0 Å². The van der Waals surface area contributed by atoms with E-state index in [-0.39, 0.29) is 0 Å². The maximum Gasteiger partial charge on any atom is 0.136 e. The van der Waals surface area contributed by atoms with Crippen LogP contribution in [0, 0.1) is 0 Å². The predicted molar refractivity (Wildman–Crippen MR) is 55.4 cm³/mol. The molecule has 1 unspecified atom stereocenters. The molecule has 0 amide bonds. The molecule has 0 saturated carbocycles. The van der Waals surface area contributed by atoms with Gasteiger partial charge in [0, 0.05) is 30.6 Å². The van der Waals surface area contributed by atoms with Gasteiger partial charge in [0.2, 0.25) is 0 Å². The van der Waals surface area contributed by atoms with Gasteiger partial charge < -0.3 is 9.72 Å². The van der Waals surface area contributed by atoms with Crippen molar-refractivity contribution in [1.82, 2.24) is 14.7 Å². The number of rotatable bonds is 1. The largest absolute Gasteiger partial charge is 0.316 e. The molecule has 0 aromatic carbocycles. The van der Waals surface area contributed by atoms with Gasteiger partial charge in [-0.05, 0) is 25.1 Å². The summed E-state index contributed by atoms with van der Waals surface area (Å²) in [5.41, 5.74) is 2.43. The van der Waals surface area contributed by atoms with Crippen molar-refractivity contribution in [3.05, 3.63) is 36.3 Å². The first-order chi connectivity index (χ1) is 6.95. The topological polar surface area (TPSA) is 29.3 Å². The average molecular weight is 187 g/mol. The van der Waals surface area contributed by atoms with E-state index in [1.54, 1.807) is 0 Å². The summed E-state index contributed by atoms with van der Waals surface area (Å²) in [6.45, 7) is 2.23. The highest BCUT2D eigenvalue weighted by molar-refractivity contribution is 5.40. The monoisotopic (exact) mass is 187 g/mol. The van der Waals surface area contributed by atoms with Crippen molar-refractivity contribution in [3.8, 4) is 0 Å². The van der Waals surface area contributed by atoms with Gasteiger partial charge in [-0.25, -0.2) is 4.98 Å². The van der Waals surface area contributed by atoms with Crippen molar-refractivity contribution in [2.24, 2.45) is 0 Å². The molecule has 1 saturated heterocycles. The molecule has 2 aromatic rings. The number of aromatic nitrogens is 2. The fraction of sp³-hybridized carbons (Fsp3) is 0.364. The van der Waals surface area contributed by atoms with Crippen LogP contribution < -0.4 is 5.32 Å². The first-order valence-corrected chi connectivity index (χ1v) is 5.08. The maximum atomic E-state index is 4.29. The molecule has 0 bridgehead atoms. The lowest BCUT2D eigenvalue weighted by Gasteiger charge is -2.10. The summed E-state index contributed by atoms with van der Waals surface area (Å²) in [5, 5.41) is 3.39. The highest BCUT2D eigenvalue weighted by Gasteiger charge is 2.18. The van der Waals surface area contributed by atoms with E-state index in [9.17, 15) is 0 Å². The summed E-state index contributed by atoms with van der Waals surface area (Å²) in [7, 11) is 0. The molecule has 0 aliphatic carbocycles. The van der Waals surface area contributed by atoms with Gasteiger partial charge in [-0.1, -0.05) is 6.07 Å². The second-order valence-corrected chi connectivity index (χ2v) is 3.80. The van der Waals surface area contributed by atoms with Crippen LogP contribution >= 0.6 is 0 Å². The second kappa shape index (κ2) is 3.10. The van der Waals surface area contributed by atoms with E-state index < -0.39 is 0 Å². The number of fused-ring (bicyclic) bond motifs is 1. The normalized spacial score (nSPS) is 21.9. The number of nitrogens with one attached hydrogen (secondary N) is 1. The molecular weight excluding hydrogens is 174 g/mol. The van der Waals surface area contributed by atoms with E-state index >= 15 is 0 Å². The van der Waals surface area contributed by atoms with Crippen LogP contribution in [0.25, 0.3) is 5.65 Å². The Bertz CT molecular complexity index is 440. The minimum absolute atomic E-state index is 0.646. The van der Waals surface area contributed by atoms with Gasteiger partial charge in [0.05, 0.1) is 0 Å². The van der Waals surface area contributed by atoms with Crippen LogP contribution in [-0.2, 0) is 0 Å². The van der Waals surface area contributed by atoms with Crippen LogP contribution in [0.2, 0.25) is 0 Å². The van der Waals surface area contributed by atoms with E-state index in [4.69, 9.17) is 0 Å². The molecule has 3 nitrogen and oxygen atoms in total. The lowest BCUT2D eigenvalue weighted by molar-refractivity contribution is 0.722. The molecule has 1 atom stereocenters. The summed E-state index contributed by atoms with van der Waals surface area (Å²) in [4.78, 5) is 4.29. The minimum atomic E-state index is 0.646. The van der Waals surface area contributed by atoms with Crippen LogP contribution in [0.15, 0.2) is 30.6 Å². The molecule has 0 radical (unpaired) electrons. The Morgan fingerprint density at radius 1 is 1.43 bits per heavy atom.